The standard InChI is InChI=1S/C24H18N4O3S/c25-13-16(22(29)27-23-20(14-26)19-5-1-2-6-21(19)32-23)12-18-4-3-11-28(18)17-9-7-15(8-10-17)24(30)31/h3-4,7-12H,1-2,5-6H2,(H,27,29)(H,30,31)/b16-12+. The van der Waals surface area contributed by atoms with Gasteiger partial charge in [-0.25, -0.2) is 4.79 Å². The number of aromatic nitrogens is 1. The minimum absolute atomic E-state index is 0.0950. The van der Waals surface area contributed by atoms with E-state index in [1.54, 1.807) is 35.0 Å². The van der Waals surface area contributed by atoms with E-state index in [0.29, 0.717) is 21.9 Å². The van der Waals surface area contributed by atoms with Crippen molar-refractivity contribution in [2.45, 2.75) is 25.7 Å². The second kappa shape index (κ2) is 8.93. The lowest BCUT2D eigenvalue weighted by atomic mass is 9.96. The van der Waals surface area contributed by atoms with Crippen LogP contribution in [-0.4, -0.2) is 21.6 Å². The van der Waals surface area contributed by atoms with Crippen molar-refractivity contribution in [1.29, 1.82) is 10.5 Å². The number of hydrogen-bond acceptors (Lipinski definition) is 5. The highest BCUT2D eigenvalue weighted by Gasteiger charge is 2.23. The first kappa shape index (κ1) is 21.1. The fourth-order valence-corrected chi connectivity index (χ4v) is 4.99. The molecule has 8 heteroatoms. The predicted molar refractivity (Wildman–Crippen MR) is 121 cm³/mol. The van der Waals surface area contributed by atoms with Crippen LogP contribution in [0.2, 0.25) is 0 Å². The lowest BCUT2D eigenvalue weighted by Gasteiger charge is -2.09. The lowest BCUT2D eigenvalue weighted by Crippen LogP contribution is -2.13. The fraction of sp³-hybridized carbons (Fsp3) is 0.167. The van der Waals surface area contributed by atoms with Gasteiger partial charge >= 0.3 is 5.97 Å². The van der Waals surface area contributed by atoms with Crippen LogP contribution in [0.5, 0.6) is 0 Å². The highest BCUT2D eigenvalue weighted by atomic mass is 32.1. The van der Waals surface area contributed by atoms with Crippen molar-refractivity contribution in [1.82, 2.24) is 4.57 Å². The zero-order chi connectivity index (χ0) is 22.7. The van der Waals surface area contributed by atoms with Gasteiger partial charge in [0.25, 0.3) is 5.91 Å². The van der Waals surface area contributed by atoms with Gasteiger partial charge in [-0.15, -0.1) is 11.3 Å². The van der Waals surface area contributed by atoms with E-state index in [9.17, 15) is 20.1 Å². The van der Waals surface area contributed by atoms with Crippen LogP contribution >= 0.6 is 11.3 Å². The smallest absolute Gasteiger partial charge is 0.335 e. The summed E-state index contributed by atoms with van der Waals surface area (Å²) in [7, 11) is 0. The van der Waals surface area contributed by atoms with Gasteiger partial charge in [0, 0.05) is 22.5 Å². The number of fused-ring (bicyclic) bond motifs is 1. The van der Waals surface area contributed by atoms with E-state index in [1.807, 2.05) is 6.07 Å². The Balaban J connectivity index is 1.61. The summed E-state index contributed by atoms with van der Waals surface area (Å²) in [6.07, 6.45) is 7.06. The van der Waals surface area contributed by atoms with Gasteiger partial charge in [-0.05, 0) is 73.7 Å². The number of carboxylic acids is 1. The molecule has 1 aromatic carbocycles. The van der Waals surface area contributed by atoms with Crippen molar-refractivity contribution in [2.75, 3.05) is 5.32 Å². The summed E-state index contributed by atoms with van der Waals surface area (Å²) in [5.74, 6) is -1.59. The maximum Gasteiger partial charge on any atom is 0.335 e. The van der Waals surface area contributed by atoms with E-state index in [0.717, 1.165) is 36.1 Å². The quantitative estimate of drug-likeness (QED) is 0.444. The molecule has 0 unspecified atom stereocenters. The summed E-state index contributed by atoms with van der Waals surface area (Å²) in [4.78, 5) is 25.0. The minimum Gasteiger partial charge on any atom is -0.478 e. The molecule has 0 atom stereocenters. The summed E-state index contributed by atoms with van der Waals surface area (Å²) < 4.78 is 1.75. The molecule has 4 rings (SSSR count). The van der Waals surface area contributed by atoms with Gasteiger partial charge in [-0.2, -0.15) is 10.5 Å². The largest absolute Gasteiger partial charge is 0.478 e. The van der Waals surface area contributed by atoms with Crippen LogP contribution in [0.1, 0.15) is 44.9 Å². The molecule has 1 amide bonds. The Bertz CT molecular complexity index is 1320. The first-order valence-electron chi connectivity index (χ1n) is 10.0. The average molecular weight is 443 g/mol. The molecule has 0 aliphatic heterocycles. The summed E-state index contributed by atoms with van der Waals surface area (Å²) in [5.41, 5.74) is 2.87. The SMILES string of the molecule is N#C/C(=C\c1cccn1-c1ccc(C(=O)O)cc1)C(=O)Nc1sc2c(c1C#N)CCCC2. The third-order valence-electron chi connectivity index (χ3n) is 5.34. The van der Waals surface area contributed by atoms with E-state index >= 15 is 0 Å². The Kier molecular flexibility index (Phi) is 5.89. The Hall–Kier alpha value is -4.14. The van der Waals surface area contributed by atoms with Gasteiger partial charge in [0.2, 0.25) is 0 Å². The van der Waals surface area contributed by atoms with Crippen LogP contribution in [0, 0.1) is 22.7 Å². The molecule has 32 heavy (non-hydrogen) atoms. The Labute approximate surface area is 188 Å². The van der Waals surface area contributed by atoms with Crippen LogP contribution in [-0.2, 0) is 17.6 Å². The van der Waals surface area contributed by atoms with Gasteiger partial charge in [0.15, 0.2) is 0 Å². The lowest BCUT2D eigenvalue weighted by molar-refractivity contribution is -0.112. The number of nitriles is 2. The zero-order valence-electron chi connectivity index (χ0n) is 17.0. The molecule has 0 bridgehead atoms. The maximum absolute atomic E-state index is 12.8. The van der Waals surface area contributed by atoms with E-state index < -0.39 is 11.9 Å². The van der Waals surface area contributed by atoms with E-state index in [1.165, 1.54) is 29.5 Å². The van der Waals surface area contributed by atoms with Crippen LogP contribution in [0.3, 0.4) is 0 Å². The summed E-state index contributed by atoms with van der Waals surface area (Å²) in [6, 6.07) is 14.0. The summed E-state index contributed by atoms with van der Waals surface area (Å²) in [5, 5.41) is 31.5. The van der Waals surface area contributed by atoms with Crippen molar-refractivity contribution >= 4 is 34.3 Å². The number of amides is 1. The molecule has 1 aliphatic carbocycles. The van der Waals surface area contributed by atoms with Crippen LogP contribution in [0.25, 0.3) is 11.8 Å². The van der Waals surface area contributed by atoms with Crippen molar-refractivity contribution in [3.05, 3.63) is 75.4 Å². The van der Waals surface area contributed by atoms with Crippen molar-refractivity contribution in [3.63, 3.8) is 0 Å². The number of benzene rings is 1. The number of aromatic carboxylic acids is 1. The summed E-state index contributed by atoms with van der Waals surface area (Å²) in [6.45, 7) is 0. The number of rotatable bonds is 5. The molecule has 2 N–H and O–H groups in total. The van der Waals surface area contributed by atoms with Gasteiger partial charge in [-0.1, -0.05) is 0 Å². The number of nitrogens with zero attached hydrogens (tertiary/aromatic N) is 3. The molecule has 0 radical (unpaired) electrons. The number of carbonyl (C=O) groups excluding carboxylic acids is 1. The number of aryl methyl sites for hydroxylation is 1. The van der Waals surface area contributed by atoms with E-state index in [2.05, 4.69) is 11.4 Å². The Morgan fingerprint density at radius 2 is 1.88 bits per heavy atom. The van der Waals surface area contributed by atoms with E-state index in [-0.39, 0.29) is 11.1 Å². The second-order valence-electron chi connectivity index (χ2n) is 7.31. The zero-order valence-corrected chi connectivity index (χ0v) is 17.8. The number of nitrogens with one attached hydrogen (secondary N) is 1. The van der Waals surface area contributed by atoms with Gasteiger partial charge in [0.05, 0.1) is 11.1 Å². The van der Waals surface area contributed by atoms with Gasteiger partial charge in [0.1, 0.15) is 22.7 Å². The van der Waals surface area contributed by atoms with Crippen LogP contribution in [0.15, 0.2) is 48.2 Å². The molecule has 0 spiro atoms. The molecule has 0 saturated carbocycles. The number of hydrogen-bond donors (Lipinski definition) is 2. The van der Waals surface area contributed by atoms with Crippen LogP contribution < -0.4 is 5.32 Å². The van der Waals surface area contributed by atoms with Crippen molar-refractivity contribution < 1.29 is 14.7 Å². The highest BCUT2D eigenvalue weighted by Crippen LogP contribution is 2.37. The third-order valence-corrected chi connectivity index (χ3v) is 6.55. The Morgan fingerprint density at radius 1 is 1.12 bits per heavy atom. The molecule has 2 aromatic heterocycles. The normalized spacial score (nSPS) is 13.0. The number of carbonyl (C=O) groups is 2. The second-order valence-corrected chi connectivity index (χ2v) is 8.41. The van der Waals surface area contributed by atoms with Crippen LogP contribution in [0.4, 0.5) is 5.00 Å². The van der Waals surface area contributed by atoms with E-state index in [4.69, 9.17) is 5.11 Å². The fourth-order valence-electron chi connectivity index (χ4n) is 3.75. The topological polar surface area (TPSA) is 119 Å². The van der Waals surface area contributed by atoms with Crippen molar-refractivity contribution in [2.24, 2.45) is 0 Å². The predicted octanol–water partition coefficient (Wildman–Crippen LogP) is 4.53. The maximum atomic E-state index is 12.8. The third kappa shape index (κ3) is 4.04. The molecule has 1 aliphatic rings. The Morgan fingerprint density at radius 3 is 2.56 bits per heavy atom. The molecule has 2 heterocycles. The monoisotopic (exact) mass is 442 g/mol. The number of thiophene rings is 1. The number of carboxylic acid groups (broad SMARTS) is 1. The molecule has 158 valence electrons. The number of anilines is 1. The first-order valence-corrected chi connectivity index (χ1v) is 10.8. The summed E-state index contributed by atoms with van der Waals surface area (Å²) >= 11 is 1.41. The molecule has 0 fully saturated rings. The van der Waals surface area contributed by atoms with Gasteiger partial charge < -0.3 is 15.0 Å². The molecular formula is C24H18N4O3S. The minimum atomic E-state index is -1.01. The molecular weight excluding hydrogens is 424 g/mol. The molecule has 7 nitrogen and oxygen atoms in total. The molecule has 0 saturated heterocycles. The highest BCUT2D eigenvalue weighted by molar-refractivity contribution is 7.16. The first-order chi connectivity index (χ1) is 15.5. The van der Waals surface area contributed by atoms with Gasteiger partial charge in [-0.3, -0.25) is 4.79 Å². The average Bonchev–Trinajstić information content (AvgIpc) is 3.41. The molecule has 3 aromatic rings. The van der Waals surface area contributed by atoms with Crippen molar-refractivity contribution in [3.8, 4) is 17.8 Å².